The molecule has 114 valence electrons. The predicted molar refractivity (Wildman–Crippen MR) is 82.5 cm³/mol. The standard InChI is InChI=1S/C14H18N2O4S/c1-16(2)6-5-15-11-4-3-10-7-12(21(18,19)20)9-14(17)13(10)8-11/h3-4,7-9,15,17H,5-6H2,1-2H3,(H,18,19,20). The molecule has 0 aromatic heterocycles. The summed E-state index contributed by atoms with van der Waals surface area (Å²) in [6.45, 7) is 1.62. The number of nitrogens with zero attached hydrogens (tertiary/aromatic N) is 1. The Morgan fingerprint density at radius 1 is 1.19 bits per heavy atom. The monoisotopic (exact) mass is 310 g/mol. The highest BCUT2D eigenvalue weighted by Crippen LogP contribution is 2.30. The molecular weight excluding hydrogens is 292 g/mol. The van der Waals surface area contributed by atoms with E-state index in [-0.39, 0.29) is 10.6 Å². The van der Waals surface area contributed by atoms with E-state index in [9.17, 15) is 13.5 Å². The summed E-state index contributed by atoms with van der Waals surface area (Å²) in [6.07, 6.45) is 0. The van der Waals surface area contributed by atoms with Gasteiger partial charge in [0.15, 0.2) is 0 Å². The Kier molecular flexibility index (Phi) is 4.36. The van der Waals surface area contributed by atoms with Crippen LogP contribution in [0.2, 0.25) is 0 Å². The van der Waals surface area contributed by atoms with Crippen molar-refractivity contribution in [1.29, 1.82) is 0 Å². The molecule has 0 bridgehead atoms. The summed E-state index contributed by atoms with van der Waals surface area (Å²) in [5, 5.41) is 14.2. The van der Waals surface area contributed by atoms with Gasteiger partial charge in [0.1, 0.15) is 5.75 Å². The lowest BCUT2D eigenvalue weighted by molar-refractivity contribution is 0.425. The number of likely N-dealkylation sites (N-methyl/N-ethyl adjacent to an activating group) is 1. The number of fused-ring (bicyclic) bond motifs is 1. The Hall–Kier alpha value is -1.83. The molecule has 0 saturated heterocycles. The zero-order valence-corrected chi connectivity index (χ0v) is 12.7. The van der Waals surface area contributed by atoms with Crippen LogP contribution >= 0.6 is 0 Å². The molecule has 0 fully saturated rings. The molecule has 0 atom stereocenters. The molecule has 3 N–H and O–H groups in total. The average molecular weight is 310 g/mol. The highest BCUT2D eigenvalue weighted by atomic mass is 32.2. The first kappa shape index (κ1) is 15.6. The number of rotatable bonds is 5. The topological polar surface area (TPSA) is 89.9 Å². The molecule has 0 aliphatic heterocycles. The summed E-state index contributed by atoms with van der Waals surface area (Å²) in [5.41, 5.74) is 0.833. The largest absolute Gasteiger partial charge is 0.507 e. The fourth-order valence-electron chi connectivity index (χ4n) is 1.99. The Balaban J connectivity index is 2.34. The van der Waals surface area contributed by atoms with Crippen molar-refractivity contribution in [2.75, 3.05) is 32.5 Å². The predicted octanol–water partition coefficient (Wildman–Crippen LogP) is 1.77. The quantitative estimate of drug-likeness (QED) is 0.729. The average Bonchev–Trinajstić information content (AvgIpc) is 2.37. The van der Waals surface area contributed by atoms with Crippen LogP contribution in [0.15, 0.2) is 35.2 Å². The van der Waals surface area contributed by atoms with Crippen molar-refractivity contribution < 1.29 is 18.1 Å². The van der Waals surface area contributed by atoms with Crippen LogP contribution in [0.5, 0.6) is 5.75 Å². The van der Waals surface area contributed by atoms with Gasteiger partial charge in [-0.1, -0.05) is 6.07 Å². The normalized spacial score (nSPS) is 12.0. The van der Waals surface area contributed by atoms with E-state index in [1.54, 1.807) is 18.2 Å². The van der Waals surface area contributed by atoms with Gasteiger partial charge < -0.3 is 15.3 Å². The van der Waals surface area contributed by atoms with E-state index in [0.29, 0.717) is 10.8 Å². The Morgan fingerprint density at radius 2 is 1.90 bits per heavy atom. The van der Waals surface area contributed by atoms with Gasteiger partial charge in [-0.2, -0.15) is 8.42 Å². The molecule has 0 saturated carbocycles. The highest BCUT2D eigenvalue weighted by molar-refractivity contribution is 7.85. The van der Waals surface area contributed by atoms with Gasteiger partial charge in [0.2, 0.25) is 0 Å². The van der Waals surface area contributed by atoms with Gasteiger partial charge in [-0.25, -0.2) is 0 Å². The van der Waals surface area contributed by atoms with Crippen LogP contribution in [-0.2, 0) is 10.1 Å². The molecule has 6 nitrogen and oxygen atoms in total. The number of hydrogen-bond donors (Lipinski definition) is 3. The zero-order valence-electron chi connectivity index (χ0n) is 11.9. The fourth-order valence-corrected chi connectivity index (χ4v) is 2.53. The number of nitrogens with one attached hydrogen (secondary N) is 1. The first-order valence-corrected chi connectivity index (χ1v) is 7.84. The van der Waals surface area contributed by atoms with E-state index in [2.05, 4.69) is 5.32 Å². The van der Waals surface area contributed by atoms with E-state index < -0.39 is 10.1 Å². The van der Waals surface area contributed by atoms with Crippen molar-refractivity contribution in [1.82, 2.24) is 4.90 Å². The first-order chi connectivity index (χ1) is 9.77. The molecule has 2 aromatic rings. The molecule has 7 heteroatoms. The van der Waals surface area contributed by atoms with Crippen LogP contribution in [0.1, 0.15) is 0 Å². The number of phenolic OH excluding ortho intramolecular Hbond substituents is 1. The molecule has 0 aliphatic rings. The number of anilines is 1. The van der Waals surface area contributed by atoms with Crippen LogP contribution < -0.4 is 5.32 Å². The zero-order chi connectivity index (χ0) is 15.6. The van der Waals surface area contributed by atoms with Crippen LogP contribution in [0, 0.1) is 0 Å². The molecular formula is C14H18N2O4S. The smallest absolute Gasteiger partial charge is 0.294 e. The van der Waals surface area contributed by atoms with Crippen LogP contribution in [0.3, 0.4) is 0 Å². The van der Waals surface area contributed by atoms with Gasteiger partial charge >= 0.3 is 0 Å². The van der Waals surface area contributed by atoms with E-state index in [0.717, 1.165) is 24.8 Å². The van der Waals surface area contributed by atoms with Gasteiger partial charge in [-0.05, 0) is 37.7 Å². The molecule has 0 amide bonds. The highest BCUT2D eigenvalue weighted by Gasteiger charge is 2.13. The second-order valence-corrected chi connectivity index (χ2v) is 6.50. The van der Waals surface area contributed by atoms with Crippen molar-refractivity contribution in [3.05, 3.63) is 30.3 Å². The first-order valence-electron chi connectivity index (χ1n) is 6.40. The lowest BCUT2D eigenvalue weighted by atomic mass is 10.1. The summed E-state index contributed by atoms with van der Waals surface area (Å²) in [6, 6.07) is 7.61. The van der Waals surface area contributed by atoms with Gasteiger partial charge in [-0.3, -0.25) is 4.55 Å². The molecule has 2 aromatic carbocycles. The summed E-state index contributed by atoms with van der Waals surface area (Å²) >= 11 is 0. The SMILES string of the molecule is CN(C)CCNc1ccc2cc(S(=O)(=O)O)cc(O)c2c1. The van der Waals surface area contributed by atoms with Crippen LogP contribution in [-0.4, -0.2) is 50.2 Å². The fraction of sp³-hybridized carbons (Fsp3) is 0.286. The minimum Gasteiger partial charge on any atom is -0.507 e. The van der Waals surface area contributed by atoms with Gasteiger partial charge in [0.05, 0.1) is 4.90 Å². The number of phenols is 1. The maximum atomic E-state index is 11.1. The molecule has 0 heterocycles. The summed E-state index contributed by atoms with van der Waals surface area (Å²) in [7, 11) is -0.378. The van der Waals surface area contributed by atoms with Crippen molar-refractivity contribution in [3.8, 4) is 5.75 Å². The molecule has 0 radical (unpaired) electrons. The van der Waals surface area contributed by atoms with Crippen molar-refractivity contribution >= 4 is 26.6 Å². The lowest BCUT2D eigenvalue weighted by Crippen LogP contribution is -2.20. The van der Waals surface area contributed by atoms with Crippen molar-refractivity contribution in [3.63, 3.8) is 0 Å². The third kappa shape index (κ3) is 3.84. The molecule has 0 spiro atoms. The molecule has 21 heavy (non-hydrogen) atoms. The van der Waals surface area contributed by atoms with Crippen LogP contribution in [0.25, 0.3) is 10.8 Å². The summed E-state index contributed by atoms with van der Waals surface area (Å²) in [5.74, 6) is -0.184. The Bertz CT molecular complexity index is 757. The number of benzene rings is 2. The third-order valence-corrected chi connectivity index (χ3v) is 3.92. The molecule has 0 aliphatic carbocycles. The third-order valence-electron chi connectivity index (χ3n) is 3.09. The van der Waals surface area contributed by atoms with E-state index >= 15 is 0 Å². The second kappa shape index (κ2) is 5.88. The lowest BCUT2D eigenvalue weighted by Gasteiger charge is -2.12. The molecule has 0 unspecified atom stereocenters. The van der Waals surface area contributed by atoms with Gasteiger partial charge in [0.25, 0.3) is 10.1 Å². The van der Waals surface area contributed by atoms with E-state index in [4.69, 9.17) is 4.55 Å². The summed E-state index contributed by atoms with van der Waals surface area (Å²) < 4.78 is 31.3. The van der Waals surface area contributed by atoms with Crippen LogP contribution in [0.4, 0.5) is 5.69 Å². The van der Waals surface area contributed by atoms with E-state index in [1.165, 1.54) is 6.07 Å². The minimum absolute atomic E-state index is 0.184. The van der Waals surface area contributed by atoms with E-state index in [1.807, 2.05) is 19.0 Å². The Labute approximate surface area is 123 Å². The van der Waals surface area contributed by atoms with Gasteiger partial charge in [-0.15, -0.1) is 0 Å². The minimum atomic E-state index is -4.33. The molecule has 2 rings (SSSR count). The maximum absolute atomic E-state index is 11.1. The summed E-state index contributed by atoms with van der Waals surface area (Å²) in [4.78, 5) is 1.73. The van der Waals surface area contributed by atoms with Crippen molar-refractivity contribution in [2.45, 2.75) is 4.90 Å². The van der Waals surface area contributed by atoms with Crippen molar-refractivity contribution in [2.24, 2.45) is 0 Å². The maximum Gasteiger partial charge on any atom is 0.294 e. The second-order valence-electron chi connectivity index (χ2n) is 5.08. The number of aromatic hydroxyl groups is 1. The number of hydrogen-bond acceptors (Lipinski definition) is 5. The van der Waals surface area contributed by atoms with Gasteiger partial charge in [0, 0.05) is 30.2 Å². The Morgan fingerprint density at radius 3 is 2.52 bits per heavy atom.